The molecule has 0 bridgehead atoms. The van der Waals surface area contributed by atoms with Crippen molar-refractivity contribution in [2.45, 2.75) is 18.9 Å². The molecule has 170 valence electrons. The van der Waals surface area contributed by atoms with Crippen LogP contribution in [0.4, 0.5) is 5.69 Å². The Balaban J connectivity index is 1.61. The van der Waals surface area contributed by atoms with E-state index in [0.717, 1.165) is 37.2 Å². The second kappa shape index (κ2) is 10.2. The lowest BCUT2D eigenvalue weighted by atomic mass is 10.0. The number of ether oxygens (including phenoxy) is 1. The SMILES string of the molecule is COc1cccc([C@@H](CNC(=O)c2ccnc(-c3ccccc3)c2[N+](=O)[O-])N2CCCC2)c1. The molecule has 4 rings (SSSR count). The van der Waals surface area contributed by atoms with E-state index in [1.54, 1.807) is 31.4 Å². The average Bonchev–Trinajstić information content (AvgIpc) is 3.39. The first-order chi connectivity index (χ1) is 16.1. The first kappa shape index (κ1) is 22.4. The largest absolute Gasteiger partial charge is 0.497 e. The highest BCUT2D eigenvalue weighted by Gasteiger charge is 2.29. The third-order valence-corrected chi connectivity index (χ3v) is 5.91. The van der Waals surface area contributed by atoms with Gasteiger partial charge in [0.1, 0.15) is 17.0 Å². The molecule has 3 aromatic rings. The fraction of sp³-hybridized carbons (Fsp3) is 0.280. The summed E-state index contributed by atoms with van der Waals surface area (Å²) in [6, 6.07) is 18.0. The lowest BCUT2D eigenvalue weighted by molar-refractivity contribution is -0.384. The molecule has 0 aliphatic carbocycles. The number of hydrogen-bond acceptors (Lipinski definition) is 6. The van der Waals surface area contributed by atoms with Crippen molar-refractivity contribution in [3.63, 3.8) is 0 Å². The maximum Gasteiger partial charge on any atom is 0.308 e. The molecule has 1 aromatic heterocycles. The van der Waals surface area contributed by atoms with Crippen molar-refractivity contribution in [2.75, 3.05) is 26.7 Å². The number of methoxy groups -OCH3 is 1. The van der Waals surface area contributed by atoms with E-state index in [4.69, 9.17) is 4.74 Å². The molecule has 8 heteroatoms. The molecular weight excluding hydrogens is 420 g/mol. The van der Waals surface area contributed by atoms with E-state index in [2.05, 4.69) is 15.2 Å². The van der Waals surface area contributed by atoms with Crippen molar-refractivity contribution in [2.24, 2.45) is 0 Å². The maximum absolute atomic E-state index is 13.1. The summed E-state index contributed by atoms with van der Waals surface area (Å²) in [6.45, 7) is 2.20. The lowest BCUT2D eigenvalue weighted by Crippen LogP contribution is -2.37. The number of nitrogens with one attached hydrogen (secondary N) is 1. The number of hydrogen-bond donors (Lipinski definition) is 1. The number of carbonyl (C=O) groups excluding carboxylic acids is 1. The van der Waals surface area contributed by atoms with Gasteiger partial charge in [-0.05, 0) is 49.7 Å². The summed E-state index contributed by atoms with van der Waals surface area (Å²) < 4.78 is 5.37. The number of nitro groups is 1. The van der Waals surface area contributed by atoms with Crippen LogP contribution in [0.25, 0.3) is 11.3 Å². The zero-order chi connectivity index (χ0) is 23.2. The highest BCUT2D eigenvalue weighted by Crippen LogP contribution is 2.31. The molecule has 1 N–H and O–H groups in total. The van der Waals surface area contributed by atoms with Crippen LogP contribution >= 0.6 is 0 Å². The summed E-state index contributed by atoms with van der Waals surface area (Å²) in [4.78, 5) is 31.0. The minimum atomic E-state index is -0.537. The minimum Gasteiger partial charge on any atom is -0.497 e. The Hall–Kier alpha value is -3.78. The van der Waals surface area contributed by atoms with Crippen LogP contribution < -0.4 is 10.1 Å². The fourth-order valence-corrected chi connectivity index (χ4v) is 4.27. The number of rotatable bonds is 8. The van der Waals surface area contributed by atoms with Crippen LogP contribution in [-0.4, -0.2) is 47.5 Å². The molecule has 8 nitrogen and oxygen atoms in total. The molecule has 0 spiro atoms. The van der Waals surface area contributed by atoms with Gasteiger partial charge in [0.05, 0.1) is 18.1 Å². The molecule has 0 saturated carbocycles. The van der Waals surface area contributed by atoms with Crippen LogP contribution in [0.3, 0.4) is 0 Å². The normalized spacial score (nSPS) is 14.6. The molecule has 2 heterocycles. The number of pyridine rings is 1. The van der Waals surface area contributed by atoms with Crippen LogP contribution in [0.5, 0.6) is 5.75 Å². The highest BCUT2D eigenvalue weighted by atomic mass is 16.6. The Morgan fingerprint density at radius 1 is 1.15 bits per heavy atom. The Morgan fingerprint density at radius 2 is 1.91 bits per heavy atom. The molecule has 1 aliphatic heterocycles. The maximum atomic E-state index is 13.1. The van der Waals surface area contributed by atoms with Crippen molar-refractivity contribution in [1.82, 2.24) is 15.2 Å². The summed E-state index contributed by atoms with van der Waals surface area (Å²) in [7, 11) is 1.62. The standard InChI is InChI=1S/C25H26N4O4/c1-33-20-11-7-10-19(16-20)22(28-14-5-6-15-28)17-27-25(30)21-12-13-26-23(24(21)29(31)32)18-8-3-2-4-9-18/h2-4,7-13,16,22H,5-6,14-15,17H2,1H3,(H,27,30)/t22-/m1/s1. The molecule has 1 fully saturated rings. The molecule has 33 heavy (non-hydrogen) atoms. The molecule has 2 aromatic carbocycles. The van der Waals surface area contributed by atoms with Crippen molar-refractivity contribution in [3.8, 4) is 17.0 Å². The Kier molecular flexibility index (Phi) is 6.95. The number of aromatic nitrogens is 1. The minimum absolute atomic E-state index is 0.000308. The van der Waals surface area contributed by atoms with Gasteiger partial charge in [0.25, 0.3) is 5.91 Å². The molecule has 1 aliphatic rings. The van der Waals surface area contributed by atoms with Gasteiger partial charge in [0, 0.05) is 18.3 Å². The average molecular weight is 447 g/mol. The molecule has 1 atom stereocenters. The number of benzene rings is 2. The third kappa shape index (κ3) is 5.01. The van der Waals surface area contributed by atoms with E-state index in [0.29, 0.717) is 12.1 Å². The molecule has 1 amide bonds. The summed E-state index contributed by atoms with van der Waals surface area (Å²) in [5.74, 6) is 0.258. The van der Waals surface area contributed by atoms with Crippen molar-refractivity contribution < 1.29 is 14.5 Å². The fourth-order valence-electron chi connectivity index (χ4n) is 4.27. The predicted octanol–water partition coefficient (Wildman–Crippen LogP) is 4.23. The monoisotopic (exact) mass is 446 g/mol. The van der Waals surface area contributed by atoms with E-state index < -0.39 is 10.8 Å². The van der Waals surface area contributed by atoms with E-state index in [9.17, 15) is 14.9 Å². The molecular formula is C25H26N4O4. The smallest absolute Gasteiger partial charge is 0.308 e. The van der Waals surface area contributed by atoms with Gasteiger partial charge in [-0.25, -0.2) is 4.98 Å². The topological polar surface area (TPSA) is 97.6 Å². The first-order valence-corrected chi connectivity index (χ1v) is 10.9. The van der Waals surface area contributed by atoms with Crippen molar-refractivity contribution >= 4 is 11.6 Å². The molecule has 1 saturated heterocycles. The lowest BCUT2D eigenvalue weighted by Gasteiger charge is -2.28. The Bertz CT molecular complexity index is 1130. The summed E-state index contributed by atoms with van der Waals surface area (Å²) in [5.41, 5.74) is 1.51. The zero-order valence-corrected chi connectivity index (χ0v) is 18.4. The van der Waals surface area contributed by atoms with Gasteiger partial charge in [-0.2, -0.15) is 0 Å². The van der Waals surface area contributed by atoms with Crippen LogP contribution in [0.1, 0.15) is 34.8 Å². The van der Waals surface area contributed by atoms with Crippen molar-refractivity contribution in [1.29, 1.82) is 0 Å². The van der Waals surface area contributed by atoms with Crippen LogP contribution in [0.15, 0.2) is 66.9 Å². The van der Waals surface area contributed by atoms with E-state index in [1.165, 1.54) is 12.3 Å². The summed E-state index contributed by atoms with van der Waals surface area (Å²) >= 11 is 0. The van der Waals surface area contributed by atoms with Crippen LogP contribution in [0, 0.1) is 10.1 Å². The second-order valence-electron chi connectivity index (χ2n) is 7.92. The predicted molar refractivity (Wildman–Crippen MR) is 125 cm³/mol. The van der Waals surface area contributed by atoms with Gasteiger partial charge in [-0.3, -0.25) is 19.8 Å². The zero-order valence-electron chi connectivity index (χ0n) is 18.4. The Morgan fingerprint density at radius 3 is 2.61 bits per heavy atom. The van der Waals surface area contributed by atoms with Gasteiger partial charge in [-0.1, -0.05) is 42.5 Å². The van der Waals surface area contributed by atoms with Gasteiger partial charge >= 0.3 is 5.69 Å². The quantitative estimate of drug-likeness (QED) is 0.411. The number of likely N-dealkylation sites (tertiary alicyclic amines) is 1. The van der Waals surface area contributed by atoms with Crippen LogP contribution in [0.2, 0.25) is 0 Å². The highest BCUT2D eigenvalue weighted by molar-refractivity contribution is 6.00. The van der Waals surface area contributed by atoms with Crippen LogP contribution in [-0.2, 0) is 0 Å². The van der Waals surface area contributed by atoms with Gasteiger partial charge in [-0.15, -0.1) is 0 Å². The second-order valence-corrected chi connectivity index (χ2v) is 7.92. The number of nitrogens with zero attached hydrogens (tertiary/aromatic N) is 3. The molecule has 0 unspecified atom stereocenters. The van der Waals surface area contributed by atoms with Crippen molar-refractivity contribution in [3.05, 3.63) is 88.1 Å². The van der Waals surface area contributed by atoms with Gasteiger partial charge in [0.15, 0.2) is 0 Å². The first-order valence-electron chi connectivity index (χ1n) is 10.9. The van der Waals surface area contributed by atoms with E-state index in [1.807, 2.05) is 30.3 Å². The summed E-state index contributed by atoms with van der Waals surface area (Å²) in [6.07, 6.45) is 3.64. The number of carbonyl (C=O) groups is 1. The van der Waals surface area contributed by atoms with Gasteiger partial charge in [0.2, 0.25) is 0 Å². The third-order valence-electron chi connectivity index (χ3n) is 5.91. The van der Waals surface area contributed by atoms with E-state index >= 15 is 0 Å². The van der Waals surface area contributed by atoms with Gasteiger partial charge < -0.3 is 10.1 Å². The summed E-state index contributed by atoms with van der Waals surface area (Å²) in [5, 5.41) is 14.9. The number of amides is 1. The molecule has 0 radical (unpaired) electrons. The van der Waals surface area contributed by atoms with E-state index in [-0.39, 0.29) is 23.0 Å². The Labute approximate surface area is 192 Å².